The molecule has 0 aliphatic carbocycles. The Morgan fingerprint density at radius 3 is 2.72 bits per heavy atom. The minimum Gasteiger partial charge on any atom is -0.410 e. The van der Waals surface area contributed by atoms with Gasteiger partial charge in [-0.1, -0.05) is 24.3 Å². The summed E-state index contributed by atoms with van der Waals surface area (Å²) in [6.07, 6.45) is 6.72. The maximum atomic E-state index is 11.6. The predicted octanol–water partition coefficient (Wildman–Crippen LogP) is 2.68. The van der Waals surface area contributed by atoms with Crippen LogP contribution in [0.15, 0.2) is 66.2 Å². The molecule has 4 heteroatoms. The molecule has 1 heterocycles. The van der Waals surface area contributed by atoms with Crippen LogP contribution in [-0.2, 0) is 0 Å². The normalized spacial score (nSPS) is 13.8. The van der Waals surface area contributed by atoms with Crippen LogP contribution in [0.3, 0.4) is 0 Å². The van der Waals surface area contributed by atoms with E-state index in [-0.39, 0.29) is 0 Å². The van der Waals surface area contributed by atoms with Crippen molar-refractivity contribution in [1.82, 2.24) is 10.6 Å². The summed E-state index contributed by atoms with van der Waals surface area (Å²) in [4.78, 5) is 11.6. The van der Waals surface area contributed by atoms with E-state index >= 15 is 0 Å². The number of amides is 1. The molecule has 2 N–H and O–H groups in total. The average Bonchev–Trinajstić information content (AvgIpc) is 2.56. The molecular formula is C14H14N2O2. The van der Waals surface area contributed by atoms with Crippen molar-refractivity contribution in [3.05, 3.63) is 66.2 Å². The lowest BCUT2D eigenvalue weighted by Crippen LogP contribution is -2.26. The monoisotopic (exact) mass is 242 g/mol. The first-order valence-corrected chi connectivity index (χ1v) is 5.59. The van der Waals surface area contributed by atoms with Gasteiger partial charge in [-0.05, 0) is 30.7 Å². The van der Waals surface area contributed by atoms with Crippen molar-refractivity contribution in [2.45, 2.75) is 6.92 Å². The van der Waals surface area contributed by atoms with Gasteiger partial charge in [0, 0.05) is 12.4 Å². The first kappa shape index (κ1) is 12.0. The van der Waals surface area contributed by atoms with E-state index in [1.54, 1.807) is 24.4 Å². The van der Waals surface area contributed by atoms with Crippen molar-refractivity contribution < 1.29 is 9.53 Å². The van der Waals surface area contributed by atoms with Gasteiger partial charge in [0.1, 0.15) is 5.75 Å². The summed E-state index contributed by atoms with van der Waals surface area (Å²) >= 11 is 0. The highest BCUT2D eigenvalue weighted by Gasteiger charge is 2.05. The fourth-order valence-corrected chi connectivity index (χ4v) is 1.40. The zero-order valence-electron chi connectivity index (χ0n) is 10.0. The summed E-state index contributed by atoms with van der Waals surface area (Å²) in [6, 6.07) is 8.92. The summed E-state index contributed by atoms with van der Waals surface area (Å²) < 4.78 is 5.12. The van der Waals surface area contributed by atoms with Crippen LogP contribution in [0, 0.1) is 0 Å². The van der Waals surface area contributed by atoms with Gasteiger partial charge in [-0.2, -0.15) is 0 Å². The minimum atomic E-state index is -0.515. The first-order valence-electron chi connectivity index (χ1n) is 5.59. The molecule has 92 valence electrons. The van der Waals surface area contributed by atoms with Crippen molar-refractivity contribution >= 4 is 6.09 Å². The molecule has 1 aromatic rings. The summed E-state index contributed by atoms with van der Waals surface area (Å²) in [5, 5.41) is 5.60. The third kappa shape index (κ3) is 3.52. The SMILES string of the molecule is CC1=CNC=C(NC(=O)Oc2ccccc2)C=C1. The number of carbonyl (C=O) groups is 1. The Balaban J connectivity index is 1.93. The molecule has 1 amide bonds. The predicted molar refractivity (Wildman–Crippen MR) is 69.7 cm³/mol. The molecule has 0 atom stereocenters. The van der Waals surface area contributed by atoms with E-state index in [0.29, 0.717) is 11.4 Å². The van der Waals surface area contributed by atoms with E-state index in [1.165, 1.54) is 0 Å². The Morgan fingerprint density at radius 1 is 1.17 bits per heavy atom. The van der Waals surface area contributed by atoms with Gasteiger partial charge in [-0.25, -0.2) is 4.79 Å². The lowest BCUT2D eigenvalue weighted by molar-refractivity contribution is 0.204. The topological polar surface area (TPSA) is 50.4 Å². The molecule has 1 aromatic carbocycles. The van der Waals surface area contributed by atoms with E-state index < -0.39 is 6.09 Å². The van der Waals surface area contributed by atoms with Gasteiger partial charge in [-0.3, -0.25) is 5.32 Å². The Morgan fingerprint density at radius 2 is 1.94 bits per heavy atom. The number of para-hydroxylation sites is 1. The van der Waals surface area contributed by atoms with Gasteiger partial charge in [0.25, 0.3) is 0 Å². The Hall–Kier alpha value is -2.49. The zero-order valence-corrected chi connectivity index (χ0v) is 10.0. The zero-order chi connectivity index (χ0) is 12.8. The Bertz CT molecular complexity index is 516. The van der Waals surface area contributed by atoms with E-state index in [0.717, 1.165) is 5.57 Å². The highest BCUT2D eigenvalue weighted by molar-refractivity contribution is 5.73. The molecule has 18 heavy (non-hydrogen) atoms. The summed E-state index contributed by atoms with van der Waals surface area (Å²) in [5.41, 5.74) is 1.71. The van der Waals surface area contributed by atoms with Gasteiger partial charge >= 0.3 is 6.09 Å². The third-order valence-corrected chi connectivity index (χ3v) is 2.28. The van der Waals surface area contributed by atoms with E-state index in [2.05, 4.69) is 10.6 Å². The van der Waals surface area contributed by atoms with Crippen molar-refractivity contribution in [3.63, 3.8) is 0 Å². The van der Waals surface area contributed by atoms with Crippen molar-refractivity contribution in [1.29, 1.82) is 0 Å². The standard InChI is InChI=1S/C14H14N2O2/c1-11-7-8-12(10-15-9-11)16-14(17)18-13-5-3-2-4-6-13/h2-10,15H,1H3,(H,16,17). The molecule has 0 radical (unpaired) electrons. The number of nitrogens with one attached hydrogen (secondary N) is 2. The summed E-state index contributed by atoms with van der Waals surface area (Å²) in [5.74, 6) is 0.510. The lowest BCUT2D eigenvalue weighted by Gasteiger charge is -2.06. The lowest BCUT2D eigenvalue weighted by atomic mass is 10.3. The Labute approximate surface area is 106 Å². The fourth-order valence-electron chi connectivity index (χ4n) is 1.40. The molecule has 0 bridgehead atoms. The van der Waals surface area contributed by atoms with E-state index in [1.807, 2.05) is 37.4 Å². The molecule has 0 spiro atoms. The first-order chi connectivity index (χ1) is 8.74. The fraction of sp³-hybridized carbons (Fsp3) is 0.0714. The second-order valence-electron chi connectivity index (χ2n) is 3.82. The van der Waals surface area contributed by atoms with Crippen LogP contribution in [0.4, 0.5) is 4.79 Å². The molecule has 0 saturated carbocycles. The van der Waals surface area contributed by atoms with Crippen LogP contribution in [-0.4, -0.2) is 6.09 Å². The minimum absolute atomic E-state index is 0.510. The third-order valence-electron chi connectivity index (χ3n) is 2.28. The van der Waals surface area contributed by atoms with E-state index in [9.17, 15) is 4.79 Å². The number of hydrogen-bond donors (Lipinski definition) is 2. The molecule has 4 nitrogen and oxygen atoms in total. The van der Waals surface area contributed by atoms with Gasteiger partial charge in [-0.15, -0.1) is 0 Å². The number of carbonyl (C=O) groups excluding carboxylic acids is 1. The molecule has 0 aromatic heterocycles. The maximum absolute atomic E-state index is 11.6. The highest BCUT2D eigenvalue weighted by atomic mass is 16.6. The van der Waals surface area contributed by atoms with Crippen LogP contribution < -0.4 is 15.4 Å². The van der Waals surface area contributed by atoms with E-state index in [4.69, 9.17) is 4.74 Å². The highest BCUT2D eigenvalue weighted by Crippen LogP contribution is 2.09. The van der Waals surface area contributed by atoms with Gasteiger partial charge in [0.2, 0.25) is 0 Å². The second-order valence-corrected chi connectivity index (χ2v) is 3.82. The summed E-state index contributed by atoms with van der Waals surface area (Å²) in [6.45, 7) is 1.96. The van der Waals surface area contributed by atoms with Crippen molar-refractivity contribution in [2.24, 2.45) is 0 Å². The molecule has 1 aliphatic heterocycles. The molecule has 0 saturated heterocycles. The molecule has 0 unspecified atom stereocenters. The van der Waals surface area contributed by atoms with Crippen LogP contribution in [0.25, 0.3) is 0 Å². The summed E-state index contributed by atoms with van der Waals surface area (Å²) in [7, 11) is 0. The van der Waals surface area contributed by atoms with Gasteiger partial charge in [0.05, 0.1) is 5.70 Å². The van der Waals surface area contributed by atoms with Crippen LogP contribution in [0.1, 0.15) is 6.92 Å². The van der Waals surface area contributed by atoms with Crippen LogP contribution in [0.5, 0.6) is 5.75 Å². The van der Waals surface area contributed by atoms with Crippen LogP contribution >= 0.6 is 0 Å². The van der Waals surface area contributed by atoms with Gasteiger partial charge in [0.15, 0.2) is 0 Å². The number of benzene rings is 1. The van der Waals surface area contributed by atoms with Crippen LogP contribution in [0.2, 0.25) is 0 Å². The van der Waals surface area contributed by atoms with Crippen molar-refractivity contribution in [2.75, 3.05) is 0 Å². The van der Waals surface area contributed by atoms with Gasteiger partial charge < -0.3 is 10.1 Å². The Kier molecular flexibility index (Phi) is 3.81. The molecular weight excluding hydrogens is 228 g/mol. The number of rotatable bonds is 2. The number of ether oxygens (including phenoxy) is 1. The number of allylic oxidation sites excluding steroid dienone is 3. The smallest absolute Gasteiger partial charge is 0.410 e. The molecule has 2 rings (SSSR count). The van der Waals surface area contributed by atoms with Crippen molar-refractivity contribution in [3.8, 4) is 5.75 Å². The molecule has 0 fully saturated rings. The number of hydrogen-bond acceptors (Lipinski definition) is 3. The maximum Gasteiger partial charge on any atom is 0.417 e. The molecule has 1 aliphatic rings. The quantitative estimate of drug-likeness (QED) is 0.838. The second kappa shape index (κ2) is 5.72. The largest absolute Gasteiger partial charge is 0.417 e. The average molecular weight is 242 g/mol.